The third-order valence-electron chi connectivity index (χ3n) is 28.8. The topological polar surface area (TPSA) is 9.72 Å². The molecular formula is C129H81N3S5. The average molecular weight is 1830 g/mol. The van der Waals surface area contributed by atoms with Gasteiger partial charge in [0, 0.05) is 145 Å². The summed E-state index contributed by atoms with van der Waals surface area (Å²) < 4.78 is 12.8. The maximum absolute atomic E-state index is 2.59. The van der Waals surface area contributed by atoms with E-state index in [1.165, 1.54) is 212 Å². The molecule has 0 amide bonds. The molecule has 0 fully saturated rings. The average Bonchev–Trinajstić information content (AvgIpc) is 1.58. The van der Waals surface area contributed by atoms with Gasteiger partial charge in [-0.1, -0.05) is 329 Å². The SMILES string of the molecule is CC1(C)c2ccccc2-c2cccc(N(c3ccccc3-c3cccc4sc5ccccc5c34)c3cccc4cc(-c5ccc6c(c5)sc5ccc(-c7ccc(N(c8ccccc8-c8cccc9sc%10ccccc%10c89)c8cccc9cc(-c%10ccc%11c(c%10)sc%10cccc(-c%12ccccc%12N(c%12cccc%13ccccc%12%13)c%12cccc%13sc%14ccccc%14c%12%13)c%10%11)ccc89)cc7)cc56)ccc34)c21. The minimum Gasteiger partial charge on any atom is -0.309 e. The minimum atomic E-state index is -0.268. The van der Waals surface area contributed by atoms with Gasteiger partial charge in [-0.3, -0.25) is 0 Å². The van der Waals surface area contributed by atoms with Crippen LogP contribution < -0.4 is 14.7 Å². The summed E-state index contributed by atoms with van der Waals surface area (Å²) in [6.45, 7) is 4.82. The van der Waals surface area contributed by atoms with Crippen LogP contribution >= 0.6 is 56.7 Å². The van der Waals surface area contributed by atoms with Crippen LogP contribution in [-0.2, 0) is 5.41 Å². The van der Waals surface area contributed by atoms with Crippen LogP contribution in [0, 0.1) is 0 Å². The standard InChI is InChI=1S/C129H81N3S5/c1-129(2)105-43-12-5-32-91(105)99-42-22-51-113(128(99)129)132(111-46-15-8-35-94(111)97-40-24-56-119-125(97)101-37-10-17-53-115(101)134-119)108-49-21-30-86-74-80(62-69-90(86)108)83-63-70-95-104-75-82(65-72-117(104)136-122(95)76-83)78-59-66-87(67-60-78)130(109-44-13-6-33-92(109)96-39-23-55-118-124(96)100-36-9-16-52-114(100)133-118)106-47-20-29-85-73-81(61-68-89(85)106)84-64-71-103-123(77-84)137-120-57-25-41-98(126(103)120)93-34-7-14-45-110(93)131(107-48-19-28-79-27-3-4-31-88(79)107)112-50-26-58-121-127(112)102-38-11-18-54-116(102)135-121/h3-77H,1-2H3. The summed E-state index contributed by atoms with van der Waals surface area (Å²) in [7, 11) is 0. The van der Waals surface area contributed by atoms with Crippen LogP contribution in [0.25, 0.3) is 211 Å². The van der Waals surface area contributed by atoms with Gasteiger partial charge in [0.25, 0.3) is 0 Å². The molecule has 0 unspecified atom stereocenters. The highest BCUT2D eigenvalue weighted by atomic mass is 32.1. The largest absolute Gasteiger partial charge is 0.309 e. The second kappa shape index (κ2) is 31.6. The highest BCUT2D eigenvalue weighted by Gasteiger charge is 2.40. The lowest BCUT2D eigenvalue weighted by molar-refractivity contribution is 0.661. The Bertz CT molecular complexity index is 9710. The molecule has 28 rings (SSSR count). The summed E-state index contributed by atoms with van der Waals surface area (Å²) in [5, 5.41) is 19.8. The summed E-state index contributed by atoms with van der Waals surface area (Å²) >= 11 is 9.36. The molecular weight excluding hydrogens is 1750 g/mol. The van der Waals surface area contributed by atoms with Crippen molar-refractivity contribution in [2.24, 2.45) is 0 Å². The van der Waals surface area contributed by atoms with Gasteiger partial charge < -0.3 is 14.7 Å². The van der Waals surface area contributed by atoms with E-state index in [4.69, 9.17) is 0 Å². The first-order chi connectivity index (χ1) is 67.7. The van der Waals surface area contributed by atoms with Crippen molar-refractivity contribution in [2.45, 2.75) is 19.3 Å². The molecule has 0 radical (unpaired) electrons. The number of fused-ring (bicyclic) bond motifs is 21. The van der Waals surface area contributed by atoms with Crippen molar-refractivity contribution in [2.75, 3.05) is 14.7 Å². The van der Waals surface area contributed by atoms with E-state index in [9.17, 15) is 0 Å². The van der Waals surface area contributed by atoms with E-state index in [1.54, 1.807) is 0 Å². The molecule has 5 heterocycles. The smallest absolute Gasteiger partial charge is 0.0555 e. The number of rotatable bonds is 15. The second-order valence-corrected chi connectivity index (χ2v) is 42.1. The Hall–Kier alpha value is -15.9. The normalized spacial score (nSPS) is 12.5. The lowest BCUT2D eigenvalue weighted by atomic mass is 9.81. The molecule has 27 aromatic rings. The summed E-state index contributed by atoms with van der Waals surface area (Å²) in [4.78, 5) is 7.64. The monoisotopic (exact) mass is 1830 g/mol. The van der Waals surface area contributed by atoms with Gasteiger partial charge in [0.2, 0.25) is 0 Å². The molecule has 0 bridgehead atoms. The number of benzene rings is 22. The van der Waals surface area contributed by atoms with Crippen LogP contribution in [0.15, 0.2) is 455 Å². The van der Waals surface area contributed by atoms with Gasteiger partial charge in [-0.05, 0) is 228 Å². The summed E-state index contributed by atoms with van der Waals surface area (Å²) in [5.74, 6) is 0. The van der Waals surface area contributed by atoms with Crippen molar-refractivity contribution in [1.82, 2.24) is 0 Å². The Morgan fingerprint density at radius 2 is 0.482 bits per heavy atom. The van der Waals surface area contributed by atoms with Crippen LogP contribution in [0.4, 0.5) is 51.2 Å². The molecule has 22 aromatic carbocycles. The zero-order chi connectivity index (χ0) is 90.2. The van der Waals surface area contributed by atoms with E-state index < -0.39 is 0 Å². The number of hydrogen-bond donors (Lipinski definition) is 0. The molecule has 1 aliphatic rings. The van der Waals surface area contributed by atoms with Crippen LogP contribution in [0.1, 0.15) is 25.0 Å². The Morgan fingerprint density at radius 1 is 0.168 bits per heavy atom. The van der Waals surface area contributed by atoms with Crippen molar-refractivity contribution < 1.29 is 0 Å². The van der Waals surface area contributed by atoms with Crippen LogP contribution in [0.5, 0.6) is 0 Å². The van der Waals surface area contributed by atoms with E-state index in [1.807, 2.05) is 56.7 Å². The van der Waals surface area contributed by atoms with Gasteiger partial charge in [-0.15, -0.1) is 56.7 Å². The zero-order valence-electron chi connectivity index (χ0n) is 74.7. The molecule has 0 atom stereocenters. The van der Waals surface area contributed by atoms with Crippen molar-refractivity contribution >= 4 is 241 Å². The third-order valence-corrected chi connectivity index (χ3v) is 34.5. The van der Waals surface area contributed by atoms with Crippen LogP contribution in [-0.4, -0.2) is 0 Å². The molecule has 1 aliphatic carbocycles. The number of nitrogens with zero attached hydrogens (tertiary/aromatic N) is 3. The fourth-order valence-corrected chi connectivity index (χ4v) is 28.4. The highest BCUT2D eigenvalue weighted by Crippen LogP contribution is 2.59. The van der Waals surface area contributed by atoms with E-state index in [-0.39, 0.29) is 5.41 Å². The maximum atomic E-state index is 2.59. The van der Waals surface area contributed by atoms with Crippen molar-refractivity contribution in [3.63, 3.8) is 0 Å². The Kier molecular flexibility index (Phi) is 18.4. The van der Waals surface area contributed by atoms with Crippen molar-refractivity contribution in [1.29, 1.82) is 0 Å². The number of thiophene rings is 5. The van der Waals surface area contributed by atoms with E-state index in [0.717, 1.165) is 61.8 Å². The Balaban J connectivity index is 0.522. The second-order valence-electron chi connectivity index (χ2n) is 36.7. The molecule has 0 aliphatic heterocycles. The lowest BCUT2D eigenvalue weighted by Gasteiger charge is -2.34. The highest BCUT2D eigenvalue weighted by molar-refractivity contribution is 7.27. The van der Waals surface area contributed by atoms with Gasteiger partial charge in [0.15, 0.2) is 0 Å². The van der Waals surface area contributed by atoms with E-state index in [2.05, 4.69) is 484 Å². The molecule has 0 saturated carbocycles. The Labute approximate surface area is 812 Å². The zero-order valence-corrected chi connectivity index (χ0v) is 78.8. The molecule has 642 valence electrons. The van der Waals surface area contributed by atoms with Gasteiger partial charge in [0.05, 0.1) is 45.5 Å². The Morgan fingerprint density at radius 3 is 1.05 bits per heavy atom. The number of anilines is 9. The first-order valence-corrected chi connectivity index (χ1v) is 51.0. The predicted octanol–water partition coefficient (Wildman–Crippen LogP) is 39.7. The number of para-hydroxylation sites is 3. The maximum Gasteiger partial charge on any atom is 0.0555 e. The third kappa shape index (κ3) is 12.7. The first kappa shape index (κ1) is 79.7. The van der Waals surface area contributed by atoms with Gasteiger partial charge >= 0.3 is 0 Å². The molecule has 0 N–H and O–H groups in total. The lowest BCUT2D eigenvalue weighted by Crippen LogP contribution is -2.21. The molecule has 137 heavy (non-hydrogen) atoms. The summed E-state index contributed by atoms with van der Waals surface area (Å²) in [6.07, 6.45) is 0. The molecule has 0 spiro atoms. The number of hydrogen-bond acceptors (Lipinski definition) is 8. The molecule has 8 heteroatoms. The first-order valence-electron chi connectivity index (χ1n) is 46.9. The fraction of sp³-hybridized carbons (Fsp3) is 0.0233. The predicted molar refractivity (Wildman–Crippen MR) is 598 cm³/mol. The van der Waals surface area contributed by atoms with Crippen LogP contribution in [0.3, 0.4) is 0 Å². The van der Waals surface area contributed by atoms with Gasteiger partial charge in [-0.2, -0.15) is 0 Å². The van der Waals surface area contributed by atoms with Gasteiger partial charge in [0.1, 0.15) is 0 Å². The van der Waals surface area contributed by atoms with E-state index >= 15 is 0 Å². The van der Waals surface area contributed by atoms with Crippen molar-refractivity contribution in [3.05, 3.63) is 466 Å². The summed E-state index contributed by atoms with van der Waals surface area (Å²) in [5.41, 5.74) is 29.5. The fourth-order valence-electron chi connectivity index (χ4n) is 22.7. The summed E-state index contributed by atoms with van der Waals surface area (Å²) in [6, 6.07) is 172. The molecule has 3 nitrogen and oxygen atoms in total. The van der Waals surface area contributed by atoms with Crippen molar-refractivity contribution in [3.8, 4) is 77.9 Å². The molecule has 5 aromatic heterocycles. The molecule has 0 saturated heterocycles. The minimum absolute atomic E-state index is 0.268. The quantitative estimate of drug-likeness (QED) is 0.101. The van der Waals surface area contributed by atoms with Gasteiger partial charge in [-0.25, -0.2) is 0 Å². The van der Waals surface area contributed by atoms with E-state index in [0.29, 0.717) is 0 Å². The van der Waals surface area contributed by atoms with Crippen LogP contribution in [0.2, 0.25) is 0 Å².